The van der Waals surface area contributed by atoms with Gasteiger partial charge in [0.05, 0.1) is 7.14 Å². The largest absolute Gasteiger partial charge is 0.453 e. The van der Waals surface area contributed by atoms with E-state index in [-0.39, 0.29) is 0 Å². The highest BCUT2D eigenvalue weighted by molar-refractivity contribution is 14.1. The van der Waals surface area contributed by atoms with Crippen LogP contribution in [0.3, 0.4) is 0 Å². The van der Waals surface area contributed by atoms with Gasteiger partial charge in [0.2, 0.25) is 6.29 Å². The van der Waals surface area contributed by atoms with Crippen molar-refractivity contribution >= 4 is 73.7 Å². The molecule has 0 aliphatic heterocycles. The van der Waals surface area contributed by atoms with Crippen molar-refractivity contribution in [3.63, 3.8) is 0 Å². The Balaban J connectivity index is 2.81. The van der Waals surface area contributed by atoms with Crippen LogP contribution in [0, 0.1) is 10.7 Å². The molecular formula is C11H9I3O3. The molecule has 0 heterocycles. The molecule has 1 aromatic carbocycles. The van der Waals surface area contributed by atoms with Crippen molar-refractivity contribution in [2.24, 2.45) is 0 Å². The average molecular weight is 570 g/mol. The van der Waals surface area contributed by atoms with E-state index in [9.17, 15) is 4.79 Å². The smallest absolute Gasteiger partial charge is 0.333 e. The summed E-state index contributed by atoms with van der Waals surface area (Å²) in [6.07, 6.45) is 0.478. The summed E-state index contributed by atoms with van der Waals surface area (Å²) in [4.78, 5) is 11.0. The molecule has 3 nitrogen and oxygen atoms in total. The van der Waals surface area contributed by atoms with Gasteiger partial charge in [0.25, 0.3) is 0 Å². The van der Waals surface area contributed by atoms with E-state index in [1.807, 2.05) is 12.1 Å². The molecule has 0 aliphatic rings. The van der Waals surface area contributed by atoms with Crippen molar-refractivity contribution in [3.05, 3.63) is 35.5 Å². The summed E-state index contributed by atoms with van der Waals surface area (Å²) in [5, 5.41) is 0. The highest BCUT2D eigenvalue weighted by Gasteiger charge is 2.13. The maximum absolute atomic E-state index is 11.0. The monoisotopic (exact) mass is 570 g/mol. The van der Waals surface area contributed by atoms with E-state index in [1.165, 1.54) is 0 Å². The summed E-state index contributed by atoms with van der Waals surface area (Å²) in [6.45, 7) is 5.01. The first-order chi connectivity index (χ1) is 7.93. The molecule has 0 aliphatic carbocycles. The van der Waals surface area contributed by atoms with Crippen LogP contribution in [-0.2, 0) is 9.53 Å². The van der Waals surface area contributed by atoms with Crippen LogP contribution in [0.15, 0.2) is 24.8 Å². The van der Waals surface area contributed by atoms with Gasteiger partial charge in [-0.1, -0.05) is 6.58 Å². The second-order valence-corrected chi connectivity index (χ2v) is 6.60. The third kappa shape index (κ3) is 4.89. The first kappa shape index (κ1) is 15.5. The fourth-order valence-corrected chi connectivity index (χ4v) is 4.88. The Morgan fingerprint density at radius 1 is 1.35 bits per heavy atom. The van der Waals surface area contributed by atoms with E-state index < -0.39 is 12.3 Å². The molecular weight excluding hydrogens is 561 g/mol. The summed E-state index contributed by atoms with van der Waals surface area (Å²) < 4.78 is 13.7. The summed E-state index contributed by atoms with van der Waals surface area (Å²) in [7, 11) is 0. The van der Waals surface area contributed by atoms with Crippen molar-refractivity contribution < 1.29 is 14.3 Å². The molecule has 17 heavy (non-hydrogen) atoms. The topological polar surface area (TPSA) is 35.5 Å². The van der Waals surface area contributed by atoms with E-state index in [0.29, 0.717) is 0 Å². The van der Waals surface area contributed by atoms with E-state index in [0.717, 1.165) is 22.5 Å². The molecule has 0 radical (unpaired) electrons. The van der Waals surface area contributed by atoms with Gasteiger partial charge in [0.15, 0.2) is 5.75 Å². The molecule has 0 N–H and O–H groups in total. The van der Waals surface area contributed by atoms with E-state index >= 15 is 0 Å². The van der Waals surface area contributed by atoms with Crippen molar-refractivity contribution in [2.75, 3.05) is 0 Å². The zero-order chi connectivity index (χ0) is 13.0. The van der Waals surface area contributed by atoms with Crippen LogP contribution < -0.4 is 4.74 Å². The molecule has 0 fully saturated rings. The predicted molar refractivity (Wildman–Crippen MR) is 91.0 cm³/mol. The standard InChI is InChI=1S/C11H9I3O3/c1-3-10(15)16-6(2)17-11-8(13)4-7(12)5-9(11)14/h3-6H,1H2,2H3. The molecule has 0 aromatic heterocycles. The number of ether oxygens (including phenoxy) is 2. The van der Waals surface area contributed by atoms with Gasteiger partial charge < -0.3 is 9.47 Å². The molecule has 0 bridgehead atoms. The van der Waals surface area contributed by atoms with E-state index in [1.54, 1.807) is 6.92 Å². The third-order valence-corrected chi connectivity index (χ3v) is 3.92. The van der Waals surface area contributed by atoms with Gasteiger partial charge in [0.1, 0.15) is 0 Å². The molecule has 0 amide bonds. The molecule has 1 aromatic rings. The fraction of sp³-hybridized carbons (Fsp3) is 0.182. The Labute approximate surface area is 141 Å². The van der Waals surface area contributed by atoms with Gasteiger partial charge in [-0.2, -0.15) is 0 Å². The zero-order valence-corrected chi connectivity index (χ0v) is 15.3. The van der Waals surface area contributed by atoms with Crippen LogP contribution >= 0.6 is 67.8 Å². The lowest BCUT2D eigenvalue weighted by molar-refractivity contribution is -0.155. The molecule has 0 saturated heterocycles. The number of benzene rings is 1. The molecule has 1 unspecified atom stereocenters. The normalized spacial score (nSPS) is 11.8. The van der Waals surface area contributed by atoms with Gasteiger partial charge >= 0.3 is 5.97 Å². The zero-order valence-electron chi connectivity index (χ0n) is 8.88. The summed E-state index contributed by atoms with van der Waals surface area (Å²) in [6, 6.07) is 4.00. The lowest BCUT2D eigenvalue weighted by Gasteiger charge is -2.16. The molecule has 0 saturated carbocycles. The van der Waals surface area contributed by atoms with Crippen molar-refractivity contribution in [1.29, 1.82) is 0 Å². The lowest BCUT2D eigenvalue weighted by atomic mass is 10.3. The maximum atomic E-state index is 11.0. The van der Waals surface area contributed by atoms with Crippen LogP contribution in [0.25, 0.3) is 0 Å². The second kappa shape index (κ2) is 7.12. The molecule has 1 atom stereocenters. The fourth-order valence-electron chi connectivity index (χ4n) is 1.04. The van der Waals surface area contributed by atoms with Gasteiger partial charge in [-0.25, -0.2) is 4.79 Å². The Morgan fingerprint density at radius 3 is 2.35 bits per heavy atom. The van der Waals surface area contributed by atoms with Gasteiger partial charge in [-0.05, 0) is 79.9 Å². The number of esters is 1. The molecule has 6 heteroatoms. The molecule has 1 rings (SSSR count). The molecule has 0 spiro atoms. The van der Waals surface area contributed by atoms with Crippen LogP contribution in [0.5, 0.6) is 5.75 Å². The Bertz CT molecular complexity index is 423. The van der Waals surface area contributed by atoms with Crippen molar-refractivity contribution in [2.45, 2.75) is 13.2 Å². The first-order valence-corrected chi connectivity index (χ1v) is 7.82. The first-order valence-electron chi connectivity index (χ1n) is 4.58. The van der Waals surface area contributed by atoms with Crippen LogP contribution in [-0.4, -0.2) is 12.3 Å². The van der Waals surface area contributed by atoms with Crippen LogP contribution in [0.4, 0.5) is 0 Å². The lowest BCUT2D eigenvalue weighted by Crippen LogP contribution is -2.20. The summed E-state index contributed by atoms with van der Waals surface area (Å²) >= 11 is 6.63. The van der Waals surface area contributed by atoms with Gasteiger partial charge in [-0.15, -0.1) is 0 Å². The van der Waals surface area contributed by atoms with Crippen molar-refractivity contribution in [3.8, 4) is 5.75 Å². The maximum Gasteiger partial charge on any atom is 0.333 e. The molecule has 92 valence electrons. The number of halogens is 3. The van der Waals surface area contributed by atoms with Gasteiger partial charge in [-0.3, -0.25) is 0 Å². The summed E-state index contributed by atoms with van der Waals surface area (Å²) in [5.41, 5.74) is 0. The third-order valence-electron chi connectivity index (χ3n) is 1.70. The van der Waals surface area contributed by atoms with E-state index in [2.05, 4.69) is 74.4 Å². The van der Waals surface area contributed by atoms with Crippen molar-refractivity contribution in [1.82, 2.24) is 0 Å². The minimum Gasteiger partial charge on any atom is -0.453 e. The minimum atomic E-state index is -0.636. The Kier molecular flexibility index (Phi) is 6.48. The number of carbonyl (C=O) groups excluding carboxylic acids is 1. The number of rotatable bonds is 4. The second-order valence-electron chi connectivity index (χ2n) is 3.03. The quantitative estimate of drug-likeness (QED) is 0.238. The average Bonchev–Trinajstić information content (AvgIpc) is 2.23. The highest BCUT2D eigenvalue weighted by atomic mass is 127. The van der Waals surface area contributed by atoms with Crippen LogP contribution in [0.1, 0.15) is 6.92 Å². The number of carbonyl (C=O) groups is 1. The number of hydrogen-bond acceptors (Lipinski definition) is 3. The van der Waals surface area contributed by atoms with Gasteiger partial charge in [0, 0.05) is 16.6 Å². The predicted octanol–water partition coefficient (Wildman–Crippen LogP) is 3.95. The highest BCUT2D eigenvalue weighted by Crippen LogP contribution is 2.30. The SMILES string of the molecule is C=CC(=O)OC(C)Oc1c(I)cc(I)cc1I. The van der Waals surface area contributed by atoms with Crippen LogP contribution in [0.2, 0.25) is 0 Å². The number of hydrogen-bond donors (Lipinski definition) is 0. The minimum absolute atomic E-state index is 0.493. The van der Waals surface area contributed by atoms with E-state index in [4.69, 9.17) is 9.47 Å². The summed E-state index contributed by atoms with van der Waals surface area (Å²) in [5.74, 6) is 0.240. The Hall–Kier alpha value is 0.420. The Morgan fingerprint density at radius 2 is 1.88 bits per heavy atom.